The van der Waals surface area contributed by atoms with Crippen LogP contribution in [-0.4, -0.2) is 22.0 Å². The number of nitrogens with zero attached hydrogens (tertiary/aromatic N) is 3. The first kappa shape index (κ1) is 12.1. The van der Waals surface area contributed by atoms with Gasteiger partial charge in [-0.25, -0.2) is 0 Å². The molecule has 90 valence electrons. The average molecular weight is 270 g/mol. The summed E-state index contributed by atoms with van der Waals surface area (Å²) in [6.45, 7) is 2.76. The minimum atomic E-state index is 0.176. The Morgan fingerprint density at radius 1 is 1.29 bits per heavy atom. The lowest BCUT2D eigenvalue weighted by molar-refractivity contribution is 1.01. The van der Waals surface area contributed by atoms with Crippen LogP contribution in [0.5, 0.6) is 0 Å². The van der Waals surface area contributed by atoms with E-state index >= 15 is 0 Å². The van der Waals surface area contributed by atoms with Gasteiger partial charge < -0.3 is 10.6 Å². The van der Waals surface area contributed by atoms with E-state index in [9.17, 15) is 0 Å². The van der Waals surface area contributed by atoms with Crippen LogP contribution >= 0.6 is 22.9 Å². The second-order valence-corrected chi connectivity index (χ2v) is 4.72. The molecule has 0 aliphatic rings. The minimum Gasteiger partial charge on any atom is -0.357 e. The molecule has 0 aliphatic heterocycles. The second kappa shape index (κ2) is 5.29. The number of rotatable bonds is 4. The van der Waals surface area contributed by atoms with Gasteiger partial charge in [0.05, 0.1) is 6.54 Å². The van der Waals surface area contributed by atoms with Gasteiger partial charge in [-0.1, -0.05) is 0 Å². The summed E-state index contributed by atoms with van der Waals surface area (Å²) in [6, 6.07) is 2.08. The molecule has 0 aliphatic carbocycles. The van der Waals surface area contributed by atoms with Crippen molar-refractivity contribution in [2.75, 3.05) is 17.7 Å². The van der Waals surface area contributed by atoms with Crippen LogP contribution in [0.15, 0.2) is 11.4 Å². The summed E-state index contributed by atoms with van der Waals surface area (Å²) >= 11 is 7.48. The number of aryl methyl sites for hydroxylation is 1. The lowest BCUT2D eigenvalue weighted by Gasteiger charge is -2.05. The van der Waals surface area contributed by atoms with Gasteiger partial charge in [0.25, 0.3) is 0 Å². The lowest BCUT2D eigenvalue weighted by atomic mass is 10.3. The summed E-state index contributed by atoms with van der Waals surface area (Å²) in [5.41, 5.74) is 1.26. The first-order valence-corrected chi connectivity index (χ1v) is 6.31. The van der Waals surface area contributed by atoms with Crippen LogP contribution in [0.3, 0.4) is 0 Å². The van der Waals surface area contributed by atoms with Crippen molar-refractivity contribution in [3.8, 4) is 0 Å². The maximum atomic E-state index is 5.78. The first-order valence-electron chi connectivity index (χ1n) is 5.05. The number of hydrogen-bond acceptors (Lipinski definition) is 6. The zero-order valence-corrected chi connectivity index (χ0v) is 11.1. The zero-order chi connectivity index (χ0) is 12.3. The number of halogens is 1. The Balaban J connectivity index is 2.09. The average Bonchev–Trinajstić information content (AvgIpc) is 2.71. The van der Waals surface area contributed by atoms with E-state index in [4.69, 9.17) is 11.6 Å². The van der Waals surface area contributed by atoms with E-state index in [1.165, 1.54) is 10.4 Å². The number of hydrogen-bond donors (Lipinski definition) is 2. The van der Waals surface area contributed by atoms with Crippen molar-refractivity contribution >= 4 is 34.8 Å². The molecule has 7 heteroatoms. The maximum Gasteiger partial charge on any atom is 0.229 e. The Morgan fingerprint density at radius 3 is 2.71 bits per heavy atom. The molecule has 0 spiro atoms. The number of anilines is 2. The molecule has 0 unspecified atom stereocenters. The Hall–Kier alpha value is -1.40. The molecule has 0 bridgehead atoms. The summed E-state index contributed by atoms with van der Waals surface area (Å²) in [5.74, 6) is 0.928. The summed E-state index contributed by atoms with van der Waals surface area (Å²) in [4.78, 5) is 13.3. The van der Waals surface area contributed by atoms with Gasteiger partial charge in [0.2, 0.25) is 17.2 Å². The molecule has 0 atom stereocenters. The van der Waals surface area contributed by atoms with Crippen molar-refractivity contribution in [1.29, 1.82) is 0 Å². The van der Waals surface area contributed by atoms with Gasteiger partial charge in [0.1, 0.15) is 0 Å². The van der Waals surface area contributed by atoms with E-state index in [-0.39, 0.29) is 5.28 Å². The molecule has 2 rings (SSSR count). The van der Waals surface area contributed by atoms with Gasteiger partial charge in [-0.05, 0) is 35.5 Å². The van der Waals surface area contributed by atoms with Crippen LogP contribution < -0.4 is 10.6 Å². The molecule has 2 N–H and O–H groups in total. The van der Waals surface area contributed by atoms with Crippen LogP contribution in [0.4, 0.5) is 11.9 Å². The van der Waals surface area contributed by atoms with Crippen molar-refractivity contribution in [1.82, 2.24) is 15.0 Å². The molecule has 2 aromatic heterocycles. The largest absolute Gasteiger partial charge is 0.357 e. The van der Waals surface area contributed by atoms with Gasteiger partial charge in [-0.15, -0.1) is 11.3 Å². The number of thiophene rings is 1. The highest BCUT2D eigenvalue weighted by molar-refractivity contribution is 7.10. The van der Waals surface area contributed by atoms with E-state index < -0.39 is 0 Å². The predicted molar refractivity (Wildman–Crippen MR) is 70.8 cm³/mol. The van der Waals surface area contributed by atoms with Gasteiger partial charge in [0.15, 0.2) is 0 Å². The Morgan fingerprint density at radius 2 is 2.06 bits per heavy atom. The number of nitrogens with one attached hydrogen (secondary N) is 2. The Kier molecular flexibility index (Phi) is 3.75. The molecule has 0 aromatic carbocycles. The molecule has 0 radical (unpaired) electrons. The third-order valence-electron chi connectivity index (χ3n) is 2.21. The fraction of sp³-hybridized carbons (Fsp3) is 0.300. The fourth-order valence-electron chi connectivity index (χ4n) is 1.29. The molecule has 5 nitrogen and oxygen atoms in total. The standard InChI is InChI=1S/C10H12ClN5S/c1-6-3-4-17-7(6)5-13-10-15-8(11)14-9(12-2)16-10/h3-4H,5H2,1-2H3,(H2,12,13,14,15,16). The molecular formula is C10H12ClN5S. The highest BCUT2D eigenvalue weighted by Gasteiger charge is 2.05. The molecule has 2 aromatic rings. The third-order valence-corrected chi connectivity index (χ3v) is 3.40. The van der Waals surface area contributed by atoms with E-state index in [2.05, 4.69) is 44.0 Å². The van der Waals surface area contributed by atoms with Crippen molar-refractivity contribution in [2.24, 2.45) is 0 Å². The SMILES string of the molecule is CNc1nc(Cl)nc(NCc2sccc2C)n1. The van der Waals surface area contributed by atoms with Gasteiger partial charge in [0, 0.05) is 11.9 Å². The van der Waals surface area contributed by atoms with Crippen LogP contribution in [0.25, 0.3) is 0 Å². The van der Waals surface area contributed by atoms with Gasteiger partial charge >= 0.3 is 0 Å². The first-order chi connectivity index (χ1) is 8.19. The summed E-state index contributed by atoms with van der Waals surface area (Å²) < 4.78 is 0. The third kappa shape index (κ3) is 3.04. The van der Waals surface area contributed by atoms with Crippen LogP contribution in [-0.2, 0) is 6.54 Å². The monoisotopic (exact) mass is 269 g/mol. The van der Waals surface area contributed by atoms with Crippen LogP contribution in [0.1, 0.15) is 10.4 Å². The topological polar surface area (TPSA) is 62.7 Å². The predicted octanol–water partition coefficient (Wildman–Crippen LogP) is 2.55. The van der Waals surface area contributed by atoms with Crippen molar-refractivity contribution in [3.63, 3.8) is 0 Å². The zero-order valence-electron chi connectivity index (χ0n) is 9.49. The summed E-state index contributed by atoms with van der Waals surface area (Å²) in [7, 11) is 1.73. The van der Waals surface area contributed by atoms with Gasteiger partial charge in [-0.3, -0.25) is 0 Å². The highest BCUT2D eigenvalue weighted by atomic mass is 35.5. The molecule has 0 amide bonds. The molecule has 17 heavy (non-hydrogen) atoms. The van der Waals surface area contributed by atoms with E-state index in [1.807, 2.05) is 0 Å². The van der Waals surface area contributed by atoms with Crippen molar-refractivity contribution < 1.29 is 0 Å². The normalized spacial score (nSPS) is 10.3. The molecule has 0 fully saturated rings. The highest BCUT2D eigenvalue weighted by Crippen LogP contribution is 2.17. The lowest BCUT2D eigenvalue weighted by Crippen LogP contribution is -2.07. The molecule has 0 saturated carbocycles. The van der Waals surface area contributed by atoms with Crippen molar-refractivity contribution in [3.05, 3.63) is 27.2 Å². The smallest absolute Gasteiger partial charge is 0.229 e. The Labute approximate surface area is 108 Å². The summed E-state index contributed by atoms with van der Waals surface area (Å²) in [5, 5.41) is 8.19. The van der Waals surface area contributed by atoms with E-state index in [0.717, 1.165) is 0 Å². The van der Waals surface area contributed by atoms with E-state index in [1.54, 1.807) is 18.4 Å². The van der Waals surface area contributed by atoms with Crippen molar-refractivity contribution in [2.45, 2.75) is 13.5 Å². The van der Waals surface area contributed by atoms with E-state index in [0.29, 0.717) is 18.4 Å². The minimum absolute atomic E-state index is 0.176. The quantitative estimate of drug-likeness (QED) is 0.893. The summed E-state index contributed by atoms with van der Waals surface area (Å²) in [6.07, 6.45) is 0. The van der Waals surface area contributed by atoms with Gasteiger partial charge in [-0.2, -0.15) is 15.0 Å². The molecular weight excluding hydrogens is 258 g/mol. The molecule has 0 saturated heterocycles. The van der Waals surface area contributed by atoms with Crippen LogP contribution in [0, 0.1) is 6.92 Å². The van der Waals surface area contributed by atoms with Crippen LogP contribution in [0.2, 0.25) is 5.28 Å². The maximum absolute atomic E-state index is 5.78. The second-order valence-electron chi connectivity index (χ2n) is 3.38. The fourth-order valence-corrected chi connectivity index (χ4v) is 2.29. The number of aromatic nitrogens is 3. The molecule has 2 heterocycles. The Bertz CT molecular complexity index is 513.